The number of nitrogens with zero attached hydrogens (tertiary/aromatic N) is 1. The number of hydrogen-bond acceptors (Lipinski definition) is 4. The molecule has 5 nitrogen and oxygen atoms in total. The fraction of sp³-hybridized carbons (Fsp3) is 0.600. The van der Waals surface area contributed by atoms with E-state index in [0.29, 0.717) is 25.7 Å². The summed E-state index contributed by atoms with van der Waals surface area (Å²) in [6.45, 7) is 0. The van der Waals surface area contributed by atoms with Gasteiger partial charge in [0.1, 0.15) is 0 Å². The van der Waals surface area contributed by atoms with Crippen LogP contribution in [-0.2, 0) is 4.79 Å². The molecule has 1 N–H and O–H groups in total. The largest absolute Gasteiger partial charge is 0.493 e. The van der Waals surface area contributed by atoms with Gasteiger partial charge in [-0.1, -0.05) is 6.07 Å². The molecular weight excluding hydrogens is 318 g/mol. The first-order valence-corrected chi connectivity index (χ1v) is 9.07. The number of rotatable bonds is 5. The molecule has 134 valence electrons. The van der Waals surface area contributed by atoms with Crippen LogP contribution in [0.25, 0.3) is 0 Å². The van der Waals surface area contributed by atoms with E-state index < -0.39 is 11.4 Å². The van der Waals surface area contributed by atoms with E-state index in [4.69, 9.17) is 9.47 Å². The Hall–Kier alpha value is -2.22. The summed E-state index contributed by atoms with van der Waals surface area (Å²) in [5, 5.41) is 18.6. The molecule has 0 unspecified atom stereocenters. The van der Waals surface area contributed by atoms with Crippen molar-refractivity contribution in [3.8, 4) is 17.6 Å². The summed E-state index contributed by atoms with van der Waals surface area (Å²) in [5.74, 6) is 0.789. The third-order valence-electron chi connectivity index (χ3n) is 5.72. The lowest BCUT2D eigenvalue weighted by atomic mass is 9.70. The molecular formula is C20H25NO4. The molecule has 25 heavy (non-hydrogen) atoms. The molecule has 2 fully saturated rings. The maximum absolute atomic E-state index is 11.4. The molecule has 0 aliphatic heterocycles. The van der Waals surface area contributed by atoms with E-state index in [2.05, 4.69) is 0 Å². The van der Waals surface area contributed by atoms with E-state index in [1.165, 1.54) is 12.8 Å². The molecule has 0 bridgehead atoms. The second-order valence-electron chi connectivity index (χ2n) is 7.21. The van der Waals surface area contributed by atoms with Gasteiger partial charge < -0.3 is 14.6 Å². The second kappa shape index (κ2) is 7.35. The maximum atomic E-state index is 11.4. The van der Waals surface area contributed by atoms with Gasteiger partial charge in [0.25, 0.3) is 0 Å². The number of aliphatic carboxylic acids is 1. The predicted octanol–water partition coefficient (Wildman–Crippen LogP) is 4.27. The Labute approximate surface area is 148 Å². The quantitative estimate of drug-likeness (QED) is 0.863. The van der Waals surface area contributed by atoms with Crippen LogP contribution in [0.2, 0.25) is 0 Å². The van der Waals surface area contributed by atoms with Crippen molar-refractivity contribution in [1.29, 1.82) is 5.26 Å². The van der Waals surface area contributed by atoms with Crippen LogP contribution in [0.4, 0.5) is 0 Å². The van der Waals surface area contributed by atoms with Crippen molar-refractivity contribution < 1.29 is 19.4 Å². The number of nitriles is 1. The minimum Gasteiger partial charge on any atom is -0.493 e. The Kier molecular flexibility index (Phi) is 5.17. The van der Waals surface area contributed by atoms with Crippen molar-refractivity contribution in [2.75, 3.05) is 7.11 Å². The Morgan fingerprint density at radius 3 is 2.44 bits per heavy atom. The maximum Gasteiger partial charge on any atom is 0.324 e. The first-order valence-electron chi connectivity index (χ1n) is 9.07. The Bertz CT molecular complexity index is 665. The molecule has 0 aromatic heterocycles. The first-order chi connectivity index (χ1) is 12.1. The number of ether oxygens (including phenoxy) is 2. The lowest BCUT2D eigenvalue weighted by Crippen LogP contribution is -2.33. The lowest BCUT2D eigenvalue weighted by molar-refractivity contribution is -0.147. The van der Waals surface area contributed by atoms with E-state index in [-0.39, 0.29) is 12.0 Å². The van der Waals surface area contributed by atoms with Gasteiger partial charge in [-0.25, -0.2) is 0 Å². The van der Waals surface area contributed by atoms with Gasteiger partial charge in [0.15, 0.2) is 16.9 Å². The highest BCUT2D eigenvalue weighted by Crippen LogP contribution is 2.44. The van der Waals surface area contributed by atoms with Gasteiger partial charge in [0, 0.05) is 0 Å². The molecule has 0 atom stereocenters. The van der Waals surface area contributed by atoms with Crippen LogP contribution in [0.1, 0.15) is 62.8 Å². The van der Waals surface area contributed by atoms with E-state index in [1.54, 1.807) is 7.11 Å². The Balaban J connectivity index is 1.75. The number of methoxy groups -OCH3 is 1. The van der Waals surface area contributed by atoms with Crippen LogP contribution in [0.5, 0.6) is 11.5 Å². The predicted molar refractivity (Wildman–Crippen MR) is 92.8 cm³/mol. The zero-order valence-electron chi connectivity index (χ0n) is 14.7. The molecule has 0 spiro atoms. The topological polar surface area (TPSA) is 79.5 Å². The van der Waals surface area contributed by atoms with Gasteiger partial charge in [-0.15, -0.1) is 0 Å². The van der Waals surface area contributed by atoms with Crippen LogP contribution >= 0.6 is 0 Å². The molecule has 0 heterocycles. The third-order valence-corrected chi connectivity index (χ3v) is 5.72. The first kappa shape index (κ1) is 17.6. The molecule has 0 amide bonds. The van der Waals surface area contributed by atoms with Crippen molar-refractivity contribution in [3.63, 3.8) is 0 Å². The van der Waals surface area contributed by atoms with Gasteiger partial charge in [-0.05, 0) is 75.0 Å². The van der Waals surface area contributed by atoms with Crippen molar-refractivity contribution in [2.24, 2.45) is 5.41 Å². The van der Waals surface area contributed by atoms with Gasteiger partial charge in [-0.3, -0.25) is 4.79 Å². The second-order valence-corrected chi connectivity index (χ2v) is 7.21. The SMILES string of the molecule is COc1ccc(C2CCC(C#N)(C(=O)O)CC2)cc1OC1CCCC1. The fourth-order valence-electron chi connectivity index (χ4n) is 4.04. The minimum absolute atomic E-state index is 0.258. The zero-order valence-corrected chi connectivity index (χ0v) is 14.7. The molecule has 2 aliphatic rings. The Morgan fingerprint density at radius 1 is 1.20 bits per heavy atom. The van der Waals surface area contributed by atoms with E-state index in [9.17, 15) is 15.2 Å². The number of benzene rings is 1. The molecule has 2 saturated carbocycles. The molecule has 0 saturated heterocycles. The van der Waals surface area contributed by atoms with Crippen LogP contribution < -0.4 is 9.47 Å². The molecule has 5 heteroatoms. The van der Waals surface area contributed by atoms with Gasteiger partial charge >= 0.3 is 5.97 Å². The van der Waals surface area contributed by atoms with Crippen LogP contribution in [0.15, 0.2) is 18.2 Å². The van der Waals surface area contributed by atoms with Crippen LogP contribution in [0.3, 0.4) is 0 Å². The zero-order chi connectivity index (χ0) is 17.9. The summed E-state index contributed by atoms with van der Waals surface area (Å²) >= 11 is 0. The molecule has 1 aromatic carbocycles. The summed E-state index contributed by atoms with van der Waals surface area (Å²) in [7, 11) is 1.64. The number of carbonyl (C=O) groups is 1. The van der Waals surface area contributed by atoms with Crippen molar-refractivity contribution >= 4 is 5.97 Å². The highest BCUT2D eigenvalue weighted by Gasteiger charge is 2.42. The van der Waals surface area contributed by atoms with E-state index in [1.807, 2.05) is 24.3 Å². The van der Waals surface area contributed by atoms with Crippen molar-refractivity contribution in [3.05, 3.63) is 23.8 Å². The van der Waals surface area contributed by atoms with E-state index in [0.717, 1.165) is 29.9 Å². The van der Waals surface area contributed by atoms with E-state index >= 15 is 0 Å². The molecule has 3 rings (SSSR count). The summed E-state index contributed by atoms with van der Waals surface area (Å²) in [5.41, 5.74) is -0.0719. The van der Waals surface area contributed by atoms with Crippen molar-refractivity contribution in [2.45, 2.75) is 63.4 Å². The average Bonchev–Trinajstić information content (AvgIpc) is 3.14. The number of carboxylic acid groups (broad SMARTS) is 1. The standard InChI is InChI=1S/C20H25NO4/c1-24-17-7-6-15(12-18(17)25-16-4-2-3-5-16)14-8-10-20(13-21,11-9-14)19(22)23/h6-7,12,14,16H,2-5,8-11H2,1H3,(H,22,23). The average molecular weight is 343 g/mol. The molecule has 1 aromatic rings. The van der Waals surface area contributed by atoms with Gasteiger partial charge in [-0.2, -0.15) is 5.26 Å². The summed E-state index contributed by atoms with van der Waals surface area (Å²) < 4.78 is 11.6. The number of hydrogen-bond donors (Lipinski definition) is 1. The van der Waals surface area contributed by atoms with Crippen LogP contribution in [-0.4, -0.2) is 24.3 Å². The summed E-state index contributed by atoms with van der Waals surface area (Å²) in [6.07, 6.45) is 7.04. The highest BCUT2D eigenvalue weighted by molar-refractivity contribution is 5.78. The highest BCUT2D eigenvalue weighted by atomic mass is 16.5. The fourth-order valence-corrected chi connectivity index (χ4v) is 4.04. The molecule has 2 aliphatic carbocycles. The summed E-state index contributed by atoms with van der Waals surface area (Å²) in [6, 6.07) is 8.03. The normalized spacial score (nSPS) is 26.8. The van der Waals surface area contributed by atoms with Gasteiger partial charge in [0.2, 0.25) is 0 Å². The smallest absolute Gasteiger partial charge is 0.324 e. The van der Waals surface area contributed by atoms with Crippen molar-refractivity contribution in [1.82, 2.24) is 0 Å². The minimum atomic E-state index is -1.22. The lowest BCUT2D eigenvalue weighted by Gasteiger charge is -2.32. The molecule has 0 radical (unpaired) electrons. The summed E-state index contributed by atoms with van der Waals surface area (Å²) in [4.78, 5) is 11.4. The van der Waals surface area contributed by atoms with Gasteiger partial charge in [0.05, 0.1) is 19.3 Å². The number of carboxylic acids is 1. The third kappa shape index (κ3) is 3.58. The Morgan fingerprint density at radius 2 is 1.88 bits per heavy atom. The van der Waals surface area contributed by atoms with Crippen LogP contribution in [0, 0.1) is 16.7 Å². The monoisotopic (exact) mass is 343 g/mol.